The van der Waals surface area contributed by atoms with E-state index in [1.54, 1.807) is 0 Å². The van der Waals surface area contributed by atoms with Crippen molar-refractivity contribution in [1.82, 2.24) is 4.90 Å². The van der Waals surface area contributed by atoms with E-state index in [-0.39, 0.29) is 0 Å². The highest BCUT2D eigenvalue weighted by Crippen LogP contribution is 2.08. The minimum atomic E-state index is 0.291. The van der Waals surface area contributed by atoms with Crippen molar-refractivity contribution in [3.8, 4) is 0 Å². The fourth-order valence-electron chi connectivity index (χ4n) is 1.80. The minimum Gasteiger partial charge on any atom is -0.379 e. The number of ether oxygens (including phenoxy) is 2. The first kappa shape index (κ1) is 14.3. The topological polar surface area (TPSA) is 60.1 Å². The van der Waals surface area contributed by atoms with Crippen LogP contribution in [0.2, 0.25) is 0 Å². The molecule has 1 fully saturated rings. The van der Waals surface area contributed by atoms with Gasteiger partial charge in [0.05, 0.1) is 12.7 Å². The third-order valence-electron chi connectivity index (χ3n) is 2.91. The molecule has 1 saturated heterocycles. The number of aliphatic imine (C=N–C) groups is 1. The molecule has 1 aliphatic heterocycles. The second-order valence-corrected chi connectivity index (χ2v) is 4.12. The molecule has 0 aromatic carbocycles. The van der Waals surface area contributed by atoms with Crippen molar-refractivity contribution in [2.45, 2.75) is 32.8 Å². The van der Waals surface area contributed by atoms with E-state index in [9.17, 15) is 0 Å². The lowest BCUT2D eigenvalue weighted by Crippen LogP contribution is -2.37. The molecule has 2 N–H and O–H groups in total. The maximum absolute atomic E-state index is 5.86. The summed E-state index contributed by atoms with van der Waals surface area (Å²) in [4.78, 5) is 6.39. The molecule has 100 valence electrons. The molecular formula is C12H25N3O2. The van der Waals surface area contributed by atoms with Gasteiger partial charge in [0.15, 0.2) is 5.96 Å². The number of nitrogens with zero attached hydrogens (tertiary/aromatic N) is 2. The molecule has 17 heavy (non-hydrogen) atoms. The van der Waals surface area contributed by atoms with Crippen LogP contribution in [0, 0.1) is 0 Å². The summed E-state index contributed by atoms with van der Waals surface area (Å²) in [6, 6.07) is 0. The van der Waals surface area contributed by atoms with E-state index in [1.165, 1.54) is 0 Å². The van der Waals surface area contributed by atoms with Gasteiger partial charge in [-0.3, -0.25) is 4.99 Å². The Morgan fingerprint density at radius 1 is 1.47 bits per heavy atom. The summed E-state index contributed by atoms with van der Waals surface area (Å²) in [6.45, 7) is 9.01. The van der Waals surface area contributed by atoms with Crippen molar-refractivity contribution in [2.24, 2.45) is 10.7 Å². The van der Waals surface area contributed by atoms with Gasteiger partial charge in [-0.1, -0.05) is 0 Å². The van der Waals surface area contributed by atoms with Crippen LogP contribution < -0.4 is 5.73 Å². The Kier molecular flexibility index (Phi) is 6.96. The number of hydrogen-bond acceptors (Lipinski definition) is 3. The predicted molar refractivity (Wildman–Crippen MR) is 69.2 cm³/mol. The monoisotopic (exact) mass is 243 g/mol. The van der Waals surface area contributed by atoms with E-state index < -0.39 is 0 Å². The van der Waals surface area contributed by atoms with Crippen molar-refractivity contribution >= 4 is 5.96 Å². The zero-order valence-corrected chi connectivity index (χ0v) is 11.0. The molecule has 0 saturated carbocycles. The Balaban J connectivity index is 2.07. The Morgan fingerprint density at radius 2 is 2.24 bits per heavy atom. The third kappa shape index (κ3) is 5.37. The third-order valence-corrected chi connectivity index (χ3v) is 2.91. The van der Waals surface area contributed by atoms with Gasteiger partial charge < -0.3 is 20.1 Å². The molecule has 0 aliphatic carbocycles. The molecule has 0 radical (unpaired) electrons. The summed E-state index contributed by atoms with van der Waals surface area (Å²) in [5, 5.41) is 0. The van der Waals surface area contributed by atoms with Crippen LogP contribution in [0.15, 0.2) is 4.99 Å². The van der Waals surface area contributed by atoms with E-state index in [1.807, 2.05) is 4.90 Å². The molecule has 0 spiro atoms. The van der Waals surface area contributed by atoms with Gasteiger partial charge in [-0.25, -0.2) is 0 Å². The molecule has 0 aromatic heterocycles. The highest BCUT2D eigenvalue weighted by Gasteiger charge is 2.15. The van der Waals surface area contributed by atoms with Crippen molar-refractivity contribution in [3.05, 3.63) is 0 Å². The zero-order chi connectivity index (χ0) is 12.5. The Bertz CT molecular complexity index is 224. The van der Waals surface area contributed by atoms with E-state index in [0.717, 1.165) is 52.3 Å². The fourth-order valence-corrected chi connectivity index (χ4v) is 1.80. The molecule has 1 atom stereocenters. The van der Waals surface area contributed by atoms with Crippen molar-refractivity contribution < 1.29 is 9.47 Å². The molecule has 5 nitrogen and oxygen atoms in total. The van der Waals surface area contributed by atoms with Crippen molar-refractivity contribution in [3.63, 3.8) is 0 Å². The summed E-state index contributed by atoms with van der Waals surface area (Å²) >= 11 is 0. The Morgan fingerprint density at radius 3 is 2.82 bits per heavy atom. The van der Waals surface area contributed by atoms with Crippen LogP contribution >= 0.6 is 0 Å². The van der Waals surface area contributed by atoms with Gasteiger partial charge in [-0.2, -0.15) is 0 Å². The van der Waals surface area contributed by atoms with Crippen molar-refractivity contribution in [2.75, 3.05) is 39.5 Å². The van der Waals surface area contributed by atoms with E-state index in [0.29, 0.717) is 12.1 Å². The molecule has 0 bridgehead atoms. The SMILES string of the molecule is CCN(CC)C(N)=NCCCOC1CCOC1. The maximum Gasteiger partial charge on any atom is 0.191 e. The summed E-state index contributed by atoms with van der Waals surface area (Å²) in [5.74, 6) is 0.638. The van der Waals surface area contributed by atoms with Crippen LogP contribution in [0.4, 0.5) is 0 Å². The molecule has 0 aromatic rings. The molecule has 5 heteroatoms. The number of guanidine groups is 1. The van der Waals surface area contributed by atoms with E-state index in [4.69, 9.17) is 15.2 Å². The lowest BCUT2D eigenvalue weighted by molar-refractivity contribution is 0.0424. The first-order valence-electron chi connectivity index (χ1n) is 6.52. The molecule has 1 aliphatic rings. The second kappa shape index (κ2) is 8.31. The fraction of sp³-hybridized carbons (Fsp3) is 0.917. The summed E-state index contributed by atoms with van der Waals surface area (Å²) in [5.41, 5.74) is 5.86. The van der Waals surface area contributed by atoms with Gasteiger partial charge >= 0.3 is 0 Å². The summed E-state index contributed by atoms with van der Waals surface area (Å²) < 4.78 is 10.9. The normalized spacial score (nSPS) is 20.8. The van der Waals surface area contributed by atoms with E-state index >= 15 is 0 Å². The number of hydrogen-bond donors (Lipinski definition) is 1. The number of nitrogens with two attached hydrogens (primary N) is 1. The van der Waals surface area contributed by atoms with Crippen LogP contribution in [0.3, 0.4) is 0 Å². The lowest BCUT2D eigenvalue weighted by atomic mass is 10.3. The zero-order valence-electron chi connectivity index (χ0n) is 11.0. The first-order valence-corrected chi connectivity index (χ1v) is 6.52. The van der Waals surface area contributed by atoms with Gasteiger partial charge in [-0.15, -0.1) is 0 Å². The summed E-state index contributed by atoms with van der Waals surface area (Å²) in [6.07, 6.45) is 2.22. The predicted octanol–water partition coefficient (Wildman–Crippen LogP) is 0.839. The Labute approximate surface area is 104 Å². The second-order valence-electron chi connectivity index (χ2n) is 4.12. The molecule has 0 amide bonds. The van der Waals surface area contributed by atoms with E-state index in [2.05, 4.69) is 18.8 Å². The molecule has 1 unspecified atom stereocenters. The summed E-state index contributed by atoms with van der Waals surface area (Å²) in [7, 11) is 0. The quantitative estimate of drug-likeness (QED) is 0.409. The van der Waals surface area contributed by atoms with Gasteiger partial charge in [0, 0.05) is 32.8 Å². The van der Waals surface area contributed by atoms with Crippen LogP contribution in [0.5, 0.6) is 0 Å². The van der Waals surface area contributed by atoms with Crippen LogP contribution in [0.25, 0.3) is 0 Å². The van der Waals surface area contributed by atoms with Crippen molar-refractivity contribution in [1.29, 1.82) is 0 Å². The highest BCUT2D eigenvalue weighted by molar-refractivity contribution is 5.77. The number of rotatable bonds is 7. The molecule has 1 heterocycles. The van der Waals surface area contributed by atoms with Crippen LogP contribution in [0.1, 0.15) is 26.7 Å². The van der Waals surface area contributed by atoms with Crippen LogP contribution in [-0.2, 0) is 9.47 Å². The average molecular weight is 243 g/mol. The van der Waals surface area contributed by atoms with Gasteiger partial charge in [0.1, 0.15) is 0 Å². The van der Waals surface area contributed by atoms with Gasteiger partial charge in [-0.05, 0) is 26.7 Å². The average Bonchev–Trinajstić information content (AvgIpc) is 2.83. The van der Waals surface area contributed by atoms with Crippen LogP contribution in [-0.4, -0.2) is 56.4 Å². The maximum atomic E-state index is 5.86. The Hall–Kier alpha value is -0.810. The standard InChI is InChI=1S/C12H25N3O2/c1-3-15(4-2)12(13)14-7-5-8-17-11-6-9-16-10-11/h11H,3-10H2,1-2H3,(H2,13,14). The smallest absolute Gasteiger partial charge is 0.191 e. The minimum absolute atomic E-state index is 0.291. The van der Waals surface area contributed by atoms with Gasteiger partial charge in [0.25, 0.3) is 0 Å². The lowest BCUT2D eigenvalue weighted by Gasteiger charge is -2.19. The molecule has 1 rings (SSSR count). The first-order chi connectivity index (χ1) is 8.27. The highest BCUT2D eigenvalue weighted by atomic mass is 16.5. The van der Waals surface area contributed by atoms with Gasteiger partial charge in [0.2, 0.25) is 0 Å². The molecular weight excluding hydrogens is 218 g/mol. The largest absolute Gasteiger partial charge is 0.379 e.